The fourth-order valence-electron chi connectivity index (χ4n) is 1.14. The van der Waals surface area contributed by atoms with Crippen LogP contribution in [0.25, 0.3) is 0 Å². The van der Waals surface area contributed by atoms with Gasteiger partial charge in [-0.15, -0.1) is 0 Å². The third kappa shape index (κ3) is 2.86. The monoisotopic (exact) mass is 249 g/mol. The first-order chi connectivity index (χ1) is 8.01. The van der Waals surface area contributed by atoms with E-state index in [1.54, 1.807) is 6.92 Å². The summed E-state index contributed by atoms with van der Waals surface area (Å²) >= 11 is 0. The van der Waals surface area contributed by atoms with Gasteiger partial charge in [-0.1, -0.05) is 0 Å². The molecule has 7 heteroatoms. The van der Waals surface area contributed by atoms with Crippen LogP contribution in [0.5, 0.6) is 5.75 Å². The zero-order valence-electron chi connectivity index (χ0n) is 9.17. The van der Waals surface area contributed by atoms with Crippen LogP contribution in [0.1, 0.15) is 29.5 Å². The van der Waals surface area contributed by atoms with Crippen molar-refractivity contribution in [2.24, 2.45) is 0 Å². The summed E-state index contributed by atoms with van der Waals surface area (Å²) in [5, 5.41) is 0. The van der Waals surface area contributed by atoms with E-state index >= 15 is 0 Å². The molecule has 0 aliphatic heterocycles. The molecule has 0 unspecified atom stereocenters. The van der Waals surface area contributed by atoms with Crippen LogP contribution in [0.4, 0.5) is 13.2 Å². The van der Waals surface area contributed by atoms with Gasteiger partial charge >= 0.3 is 5.97 Å². The molecule has 0 spiro atoms. The first-order valence-corrected chi connectivity index (χ1v) is 4.71. The highest BCUT2D eigenvalue weighted by atomic mass is 19.3. The quantitative estimate of drug-likeness (QED) is 0.768. The fourth-order valence-corrected chi connectivity index (χ4v) is 1.14. The van der Waals surface area contributed by atoms with Crippen LogP contribution in [0, 0.1) is 5.82 Å². The van der Waals surface area contributed by atoms with Gasteiger partial charge in [0, 0.05) is 6.07 Å². The first-order valence-electron chi connectivity index (χ1n) is 4.71. The SMILES string of the molecule is CCOC(=O)c1nc(C(F)F)c(F)cc1OC. The number of carbonyl (C=O) groups is 1. The third-order valence-corrected chi connectivity index (χ3v) is 1.86. The van der Waals surface area contributed by atoms with E-state index in [-0.39, 0.29) is 12.4 Å². The summed E-state index contributed by atoms with van der Waals surface area (Å²) in [6.45, 7) is 1.59. The Kier molecular flexibility index (Phi) is 4.30. The molecule has 0 amide bonds. The minimum atomic E-state index is -3.12. The minimum Gasteiger partial charge on any atom is -0.494 e. The number of carbonyl (C=O) groups excluding carboxylic acids is 1. The summed E-state index contributed by atoms with van der Waals surface area (Å²) in [5.41, 5.74) is -1.57. The molecule has 0 saturated heterocycles. The number of alkyl halides is 2. The number of aromatic nitrogens is 1. The summed E-state index contributed by atoms with van der Waals surface area (Å²) in [5.74, 6) is -2.42. The molecule has 94 valence electrons. The Morgan fingerprint density at radius 2 is 2.18 bits per heavy atom. The van der Waals surface area contributed by atoms with E-state index in [2.05, 4.69) is 14.5 Å². The molecular formula is C10H10F3NO3. The number of hydrogen-bond acceptors (Lipinski definition) is 4. The second kappa shape index (κ2) is 5.51. The Hall–Kier alpha value is -1.79. The second-order valence-corrected chi connectivity index (χ2v) is 2.93. The number of ether oxygens (including phenoxy) is 2. The zero-order valence-corrected chi connectivity index (χ0v) is 9.17. The average molecular weight is 249 g/mol. The van der Waals surface area contributed by atoms with Crippen LogP contribution in [0.3, 0.4) is 0 Å². The predicted molar refractivity (Wildman–Crippen MR) is 51.7 cm³/mol. The third-order valence-electron chi connectivity index (χ3n) is 1.86. The first kappa shape index (κ1) is 13.3. The number of pyridine rings is 1. The number of esters is 1. The average Bonchev–Trinajstić information content (AvgIpc) is 2.28. The largest absolute Gasteiger partial charge is 0.494 e. The van der Waals surface area contributed by atoms with E-state index in [0.717, 1.165) is 0 Å². The Balaban J connectivity index is 3.26. The van der Waals surface area contributed by atoms with Crippen LogP contribution >= 0.6 is 0 Å². The minimum absolute atomic E-state index is 0.0467. The van der Waals surface area contributed by atoms with Crippen molar-refractivity contribution >= 4 is 5.97 Å². The standard InChI is InChI=1S/C10H10F3NO3/c1-3-17-10(15)8-6(16-2)4-5(11)7(14-8)9(12)13/h4,9H,3H2,1-2H3. The highest BCUT2D eigenvalue weighted by Crippen LogP contribution is 2.26. The molecule has 0 saturated carbocycles. The highest BCUT2D eigenvalue weighted by Gasteiger charge is 2.23. The van der Waals surface area contributed by atoms with Crippen molar-refractivity contribution in [3.8, 4) is 5.75 Å². The molecule has 0 aliphatic carbocycles. The van der Waals surface area contributed by atoms with Crippen LogP contribution < -0.4 is 4.74 Å². The molecule has 1 heterocycles. The number of rotatable bonds is 4. The van der Waals surface area contributed by atoms with Gasteiger partial charge in [-0.05, 0) is 6.92 Å². The summed E-state index contributed by atoms with van der Waals surface area (Å²) in [4.78, 5) is 14.6. The van der Waals surface area contributed by atoms with E-state index in [1.807, 2.05) is 0 Å². The molecule has 1 aromatic rings. The molecule has 0 bridgehead atoms. The maximum Gasteiger partial charge on any atom is 0.360 e. The lowest BCUT2D eigenvalue weighted by molar-refractivity contribution is 0.0513. The Bertz CT molecular complexity index is 424. The van der Waals surface area contributed by atoms with Crippen molar-refractivity contribution in [1.82, 2.24) is 4.98 Å². The van der Waals surface area contributed by atoms with Gasteiger partial charge in [0.1, 0.15) is 5.69 Å². The van der Waals surface area contributed by atoms with Crippen molar-refractivity contribution in [2.75, 3.05) is 13.7 Å². The molecule has 1 rings (SSSR count). The van der Waals surface area contributed by atoms with E-state index in [1.165, 1.54) is 7.11 Å². The molecule has 0 aromatic carbocycles. The van der Waals surface area contributed by atoms with Gasteiger partial charge < -0.3 is 9.47 Å². The Morgan fingerprint density at radius 1 is 1.53 bits per heavy atom. The van der Waals surface area contributed by atoms with E-state index < -0.39 is 29.6 Å². The molecule has 0 atom stereocenters. The maximum atomic E-state index is 13.1. The molecule has 17 heavy (non-hydrogen) atoms. The summed E-state index contributed by atoms with van der Waals surface area (Å²) in [6, 6.07) is 0.681. The van der Waals surface area contributed by atoms with Crippen LogP contribution in [0.2, 0.25) is 0 Å². The topological polar surface area (TPSA) is 48.4 Å². The molecule has 0 radical (unpaired) electrons. The van der Waals surface area contributed by atoms with Gasteiger partial charge in [-0.2, -0.15) is 0 Å². The van der Waals surface area contributed by atoms with E-state index in [0.29, 0.717) is 6.07 Å². The lowest BCUT2D eigenvalue weighted by Crippen LogP contribution is -2.12. The second-order valence-electron chi connectivity index (χ2n) is 2.93. The van der Waals surface area contributed by atoms with Crippen molar-refractivity contribution in [1.29, 1.82) is 0 Å². The lowest BCUT2D eigenvalue weighted by Gasteiger charge is -2.09. The van der Waals surface area contributed by atoms with E-state index in [4.69, 9.17) is 0 Å². The van der Waals surface area contributed by atoms with Crippen molar-refractivity contribution < 1.29 is 27.4 Å². The van der Waals surface area contributed by atoms with Crippen LogP contribution in [0.15, 0.2) is 6.07 Å². The smallest absolute Gasteiger partial charge is 0.360 e. The van der Waals surface area contributed by atoms with Crippen LogP contribution in [-0.4, -0.2) is 24.7 Å². The van der Waals surface area contributed by atoms with Gasteiger partial charge in [-0.3, -0.25) is 0 Å². The number of hydrogen-bond donors (Lipinski definition) is 0. The number of halogens is 3. The van der Waals surface area contributed by atoms with Crippen LogP contribution in [-0.2, 0) is 4.74 Å². The number of methoxy groups -OCH3 is 1. The molecule has 0 aliphatic rings. The van der Waals surface area contributed by atoms with Crippen molar-refractivity contribution in [3.63, 3.8) is 0 Å². The van der Waals surface area contributed by atoms with Gasteiger partial charge in [-0.25, -0.2) is 22.9 Å². The number of nitrogens with zero attached hydrogens (tertiary/aromatic N) is 1. The summed E-state index contributed by atoms with van der Waals surface area (Å²) in [7, 11) is 1.17. The normalized spacial score (nSPS) is 10.5. The fraction of sp³-hybridized carbons (Fsp3) is 0.400. The lowest BCUT2D eigenvalue weighted by atomic mass is 10.2. The molecule has 4 nitrogen and oxygen atoms in total. The Labute approximate surface area is 95.4 Å². The van der Waals surface area contributed by atoms with Crippen molar-refractivity contribution in [2.45, 2.75) is 13.3 Å². The summed E-state index contributed by atoms with van der Waals surface area (Å²) in [6.07, 6.45) is -3.12. The van der Waals surface area contributed by atoms with E-state index in [9.17, 15) is 18.0 Å². The zero-order chi connectivity index (χ0) is 13.0. The van der Waals surface area contributed by atoms with Gasteiger partial charge in [0.25, 0.3) is 6.43 Å². The maximum absolute atomic E-state index is 13.1. The Morgan fingerprint density at radius 3 is 2.65 bits per heavy atom. The predicted octanol–water partition coefficient (Wildman–Crippen LogP) is 2.34. The van der Waals surface area contributed by atoms with Gasteiger partial charge in [0.05, 0.1) is 13.7 Å². The van der Waals surface area contributed by atoms with Crippen molar-refractivity contribution in [3.05, 3.63) is 23.3 Å². The van der Waals surface area contributed by atoms with Gasteiger partial charge in [0.2, 0.25) is 0 Å². The molecule has 1 aromatic heterocycles. The highest BCUT2D eigenvalue weighted by molar-refractivity contribution is 5.90. The molecular weight excluding hydrogens is 239 g/mol. The molecule has 0 fully saturated rings. The summed E-state index contributed by atoms with van der Waals surface area (Å²) < 4.78 is 47.2. The van der Waals surface area contributed by atoms with Gasteiger partial charge in [0.15, 0.2) is 17.3 Å². The molecule has 0 N–H and O–H groups in total.